The van der Waals surface area contributed by atoms with Gasteiger partial charge in [-0.25, -0.2) is 0 Å². The highest BCUT2D eigenvalue weighted by molar-refractivity contribution is 7.98. The van der Waals surface area contributed by atoms with Crippen molar-refractivity contribution in [3.8, 4) is 0 Å². The fraction of sp³-hybridized carbons (Fsp3) is 0.368. The topological polar surface area (TPSA) is 63.1 Å². The summed E-state index contributed by atoms with van der Waals surface area (Å²) in [5.74, 6) is -0.343. The summed E-state index contributed by atoms with van der Waals surface area (Å²) < 4.78 is 1.72. The molecule has 2 aromatic rings. The number of aromatic nitrogens is 1. The van der Waals surface area contributed by atoms with Crippen molar-refractivity contribution in [3.05, 3.63) is 58.0 Å². The number of nitrogens with one attached hydrogen (secondary N) is 2. The normalized spacial score (nSPS) is 15.1. The number of anilines is 1. The summed E-state index contributed by atoms with van der Waals surface area (Å²) in [5.41, 5.74) is 1.43. The number of hydrogen-bond donors (Lipinski definition) is 2. The van der Waals surface area contributed by atoms with E-state index >= 15 is 0 Å². The van der Waals surface area contributed by atoms with Gasteiger partial charge in [0.1, 0.15) is 5.56 Å². The van der Waals surface area contributed by atoms with E-state index in [2.05, 4.69) is 10.6 Å². The van der Waals surface area contributed by atoms with Gasteiger partial charge >= 0.3 is 0 Å². The molecule has 0 bridgehead atoms. The van der Waals surface area contributed by atoms with Gasteiger partial charge in [-0.2, -0.15) is 0 Å². The van der Waals surface area contributed by atoms with Crippen LogP contribution in [-0.4, -0.2) is 29.8 Å². The predicted molar refractivity (Wildman–Crippen MR) is 103 cm³/mol. The summed E-state index contributed by atoms with van der Waals surface area (Å²) in [6.07, 6.45) is 5.61. The van der Waals surface area contributed by atoms with Crippen LogP contribution in [0.5, 0.6) is 0 Å². The van der Waals surface area contributed by atoms with Crippen molar-refractivity contribution in [2.75, 3.05) is 24.7 Å². The quantitative estimate of drug-likeness (QED) is 0.826. The SMILES string of the molecule is CSc1cccc(NC(=O)c2c(C)ccn(C3CCNCC3)c2=O)c1. The van der Waals surface area contributed by atoms with E-state index in [4.69, 9.17) is 0 Å². The van der Waals surface area contributed by atoms with Crippen molar-refractivity contribution >= 4 is 23.4 Å². The summed E-state index contributed by atoms with van der Waals surface area (Å²) in [6, 6.07) is 9.63. The second-order valence-corrected chi connectivity index (χ2v) is 7.13. The number of hydrogen-bond acceptors (Lipinski definition) is 4. The van der Waals surface area contributed by atoms with Crippen LogP contribution in [-0.2, 0) is 0 Å². The van der Waals surface area contributed by atoms with E-state index in [1.807, 2.05) is 42.8 Å². The third kappa shape index (κ3) is 3.96. The van der Waals surface area contributed by atoms with Gasteiger partial charge < -0.3 is 15.2 Å². The molecule has 1 saturated heterocycles. The second-order valence-electron chi connectivity index (χ2n) is 6.25. The van der Waals surface area contributed by atoms with Crippen LogP contribution in [0.4, 0.5) is 5.69 Å². The van der Waals surface area contributed by atoms with E-state index in [1.54, 1.807) is 23.3 Å². The molecule has 0 unspecified atom stereocenters. The molecule has 132 valence electrons. The van der Waals surface area contributed by atoms with Crippen LogP contribution in [0.25, 0.3) is 0 Å². The zero-order valence-electron chi connectivity index (χ0n) is 14.5. The Bertz CT molecular complexity index is 826. The summed E-state index contributed by atoms with van der Waals surface area (Å²) in [4.78, 5) is 26.7. The third-order valence-electron chi connectivity index (χ3n) is 4.58. The number of benzene rings is 1. The first-order valence-corrected chi connectivity index (χ1v) is 9.70. The number of aryl methyl sites for hydroxylation is 1. The van der Waals surface area contributed by atoms with Crippen LogP contribution in [0.3, 0.4) is 0 Å². The first-order valence-electron chi connectivity index (χ1n) is 8.48. The summed E-state index contributed by atoms with van der Waals surface area (Å²) >= 11 is 1.61. The van der Waals surface area contributed by atoms with E-state index < -0.39 is 0 Å². The molecule has 0 spiro atoms. The van der Waals surface area contributed by atoms with Crippen LogP contribution >= 0.6 is 11.8 Å². The minimum atomic E-state index is -0.343. The molecule has 0 saturated carbocycles. The maximum atomic E-state index is 12.9. The Balaban J connectivity index is 1.90. The zero-order valence-corrected chi connectivity index (χ0v) is 15.4. The first-order chi connectivity index (χ1) is 12.1. The van der Waals surface area contributed by atoms with Crippen LogP contribution in [0.15, 0.2) is 46.2 Å². The van der Waals surface area contributed by atoms with E-state index in [1.165, 1.54) is 0 Å². The van der Waals surface area contributed by atoms with Gasteiger partial charge in [0.05, 0.1) is 0 Å². The molecule has 1 aliphatic rings. The van der Waals surface area contributed by atoms with E-state index in [0.717, 1.165) is 30.8 Å². The van der Waals surface area contributed by atoms with Crippen LogP contribution in [0.1, 0.15) is 34.8 Å². The predicted octanol–water partition coefficient (Wildman–Crippen LogP) is 3.06. The number of piperidine rings is 1. The number of carbonyl (C=O) groups is 1. The molecule has 1 amide bonds. The molecule has 25 heavy (non-hydrogen) atoms. The van der Waals surface area contributed by atoms with Crippen molar-refractivity contribution in [2.45, 2.75) is 30.7 Å². The van der Waals surface area contributed by atoms with Gasteiger partial charge in [-0.05, 0) is 68.9 Å². The standard InChI is InChI=1S/C19H23N3O2S/c1-13-8-11-22(15-6-9-20-10-7-15)19(24)17(13)18(23)21-14-4-3-5-16(12-14)25-2/h3-5,8,11-12,15,20H,6-7,9-10H2,1-2H3,(H,21,23). The molecule has 2 heterocycles. The lowest BCUT2D eigenvalue weighted by Gasteiger charge is -2.25. The molecule has 5 nitrogen and oxygen atoms in total. The molecular weight excluding hydrogens is 334 g/mol. The van der Waals surface area contributed by atoms with Crippen LogP contribution < -0.4 is 16.2 Å². The van der Waals surface area contributed by atoms with E-state index in [9.17, 15) is 9.59 Å². The smallest absolute Gasteiger partial charge is 0.263 e. The monoisotopic (exact) mass is 357 g/mol. The van der Waals surface area contributed by atoms with Crippen molar-refractivity contribution < 1.29 is 4.79 Å². The molecule has 0 radical (unpaired) electrons. The van der Waals surface area contributed by atoms with Gasteiger partial charge in [0, 0.05) is 22.8 Å². The number of thioether (sulfide) groups is 1. The number of pyridine rings is 1. The molecule has 3 rings (SSSR count). The minimum Gasteiger partial charge on any atom is -0.322 e. The van der Waals surface area contributed by atoms with Gasteiger partial charge in [0.25, 0.3) is 11.5 Å². The third-order valence-corrected chi connectivity index (χ3v) is 5.31. The summed E-state index contributed by atoms with van der Waals surface area (Å²) in [7, 11) is 0. The molecule has 1 aliphatic heterocycles. The molecule has 2 N–H and O–H groups in total. The molecule has 6 heteroatoms. The Kier molecular flexibility index (Phi) is 5.60. The average Bonchev–Trinajstić information content (AvgIpc) is 2.62. The molecule has 1 aromatic carbocycles. The van der Waals surface area contributed by atoms with Crippen molar-refractivity contribution in [1.29, 1.82) is 0 Å². The lowest BCUT2D eigenvalue weighted by atomic mass is 10.0. The number of nitrogens with zero attached hydrogens (tertiary/aromatic N) is 1. The van der Waals surface area contributed by atoms with Crippen LogP contribution in [0, 0.1) is 6.92 Å². The number of carbonyl (C=O) groups excluding carboxylic acids is 1. The highest BCUT2D eigenvalue weighted by Crippen LogP contribution is 2.20. The lowest BCUT2D eigenvalue weighted by Crippen LogP contribution is -2.37. The van der Waals surface area contributed by atoms with Gasteiger partial charge in [0.15, 0.2) is 0 Å². The molecule has 1 fully saturated rings. The van der Waals surface area contributed by atoms with Crippen molar-refractivity contribution in [2.24, 2.45) is 0 Å². The molecule has 0 atom stereocenters. The molecule has 1 aromatic heterocycles. The van der Waals surface area contributed by atoms with Gasteiger partial charge in [-0.1, -0.05) is 6.07 Å². The number of rotatable bonds is 4. The lowest BCUT2D eigenvalue weighted by molar-refractivity contribution is 0.102. The highest BCUT2D eigenvalue weighted by Gasteiger charge is 2.21. The Morgan fingerprint density at radius 1 is 1.28 bits per heavy atom. The Labute approximate surface area is 151 Å². The average molecular weight is 357 g/mol. The highest BCUT2D eigenvalue weighted by atomic mass is 32.2. The maximum absolute atomic E-state index is 12.9. The minimum absolute atomic E-state index is 0.153. The molecule has 0 aliphatic carbocycles. The van der Waals surface area contributed by atoms with Gasteiger partial charge in [-0.15, -0.1) is 11.8 Å². The Morgan fingerprint density at radius 3 is 2.76 bits per heavy atom. The number of amides is 1. The largest absolute Gasteiger partial charge is 0.322 e. The van der Waals surface area contributed by atoms with Gasteiger partial charge in [-0.3, -0.25) is 9.59 Å². The zero-order chi connectivity index (χ0) is 17.8. The van der Waals surface area contributed by atoms with E-state index in [0.29, 0.717) is 11.3 Å². The second kappa shape index (κ2) is 7.89. The van der Waals surface area contributed by atoms with Crippen molar-refractivity contribution in [3.63, 3.8) is 0 Å². The fourth-order valence-corrected chi connectivity index (χ4v) is 3.64. The maximum Gasteiger partial charge on any atom is 0.263 e. The van der Waals surface area contributed by atoms with Crippen molar-refractivity contribution in [1.82, 2.24) is 9.88 Å². The summed E-state index contributed by atoms with van der Waals surface area (Å²) in [5, 5.41) is 6.17. The summed E-state index contributed by atoms with van der Waals surface area (Å²) in [6.45, 7) is 3.60. The Hall–Kier alpha value is -2.05. The first kappa shape index (κ1) is 17.8. The van der Waals surface area contributed by atoms with Crippen LogP contribution in [0.2, 0.25) is 0 Å². The molecular formula is C19H23N3O2S. The van der Waals surface area contributed by atoms with E-state index in [-0.39, 0.29) is 23.1 Å². The fourth-order valence-electron chi connectivity index (χ4n) is 3.18. The Morgan fingerprint density at radius 2 is 2.04 bits per heavy atom. The van der Waals surface area contributed by atoms with Gasteiger partial charge in [0.2, 0.25) is 0 Å².